The molecule has 0 heterocycles. The second-order valence-electron chi connectivity index (χ2n) is 5.13. The summed E-state index contributed by atoms with van der Waals surface area (Å²) in [5.41, 5.74) is 0.949. The van der Waals surface area contributed by atoms with Crippen molar-refractivity contribution < 1.29 is 23.9 Å². The average molecular weight is 345 g/mol. The van der Waals surface area contributed by atoms with Gasteiger partial charge in [-0.3, -0.25) is 10.1 Å². The van der Waals surface area contributed by atoms with E-state index >= 15 is 0 Å². The molecule has 0 atom stereocenters. The standard InChI is InChI=1S/C18H19NO6/c1-3-13-5-4-6-15(11-13)24-9-10-25-18(20)14-7-8-17(23-2)16(12-14)19(21)22/h4-8,11-12H,3,9-10H2,1-2H3. The Labute approximate surface area is 145 Å². The molecule has 0 aromatic heterocycles. The molecule has 2 rings (SSSR count). The highest BCUT2D eigenvalue weighted by Crippen LogP contribution is 2.27. The molecule has 25 heavy (non-hydrogen) atoms. The van der Waals surface area contributed by atoms with Gasteiger partial charge in [-0.25, -0.2) is 4.79 Å². The lowest BCUT2D eigenvalue weighted by atomic mass is 10.2. The van der Waals surface area contributed by atoms with Crippen LogP contribution in [-0.4, -0.2) is 31.2 Å². The zero-order valence-electron chi connectivity index (χ0n) is 14.1. The van der Waals surface area contributed by atoms with E-state index in [0.29, 0.717) is 5.75 Å². The topological polar surface area (TPSA) is 87.9 Å². The van der Waals surface area contributed by atoms with Gasteiger partial charge in [-0.05, 0) is 36.2 Å². The van der Waals surface area contributed by atoms with Crippen LogP contribution >= 0.6 is 0 Å². The third-order valence-electron chi connectivity index (χ3n) is 3.50. The van der Waals surface area contributed by atoms with Crippen LogP contribution < -0.4 is 9.47 Å². The van der Waals surface area contributed by atoms with Crippen LogP contribution in [0.2, 0.25) is 0 Å². The molecule has 132 valence electrons. The Hall–Kier alpha value is -3.09. The van der Waals surface area contributed by atoms with Crippen molar-refractivity contribution in [3.8, 4) is 11.5 Å². The smallest absolute Gasteiger partial charge is 0.338 e. The van der Waals surface area contributed by atoms with E-state index < -0.39 is 10.9 Å². The van der Waals surface area contributed by atoms with E-state index in [0.717, 1.165) is 18.1 Å². The first kappa shape index (κ1) is 18.3. The molecule has 0 bridgehead atoms. The molecule has 0 amide bonds. The number of nitro groups is 1. The number of hydrogen-bond donors (Lipinski definition) is 0. The van der Waals surface area contributed by atoms with Crippen LogP contribution in [0.5, 0.6) is 11.5 Å². The van der Waals surface area contributed by atoms with Gasteiger partial charge in [0.1, 0.15) is 19.0 Å². The van der Waals surface area contributed by atoms with E-state index in [1.54, 1.807) is 0 Å². The molecule has 7 heteroatoms. The van der Waals surface area contributed by atoms with Gasteiger partial charge in [0.2, 0.25) is 0 Å². The van der Waals surface area contributed by atoms with Crippen molar-refractivity contribution in [2.24, 2.45) is 0 Å². The maximum absolute atomic E-state index is 12.0. The number of hydrogen-bond acceptors (Lipinski definition) is 6. The van der Waals surface area contributed by atoms with Gasteiger partial charge in [0, 0.05) is 6.07 Å². The van der Waals surface area contributed by atoms with Crippen LogP contribution in [0.4, 0.5) is 5.69 Å². The van der Waals surface area contributed by atoms with Gasteiger partial charge in [0.25, 0.3) is 0 Å². The lowest BCUT2D eigenvalue weighted by Gasteiger charge is -2.09. The summed E-state index contributed by atoms with van der Waals surface area (Å²) in [6.45, 7) is 2.28. The Balaban J connectivity index is 1.90. The maximum atomic E-state index is 12.0. The summed E-state index contributed by atoms with van der Waals surface area (Å²) in [7, 11) is 1.32. The summed E-state index contributed by atoms with van der Waals surface area (Å²) >= 11 is 0. The van der Waals surface area contributed by atoms with E-state index in [2.05, 4.69) is 6.92 Å². The fourth-order valence-corrected chi connectivity index (χ4v) is 2.19. The summed E-state index contributed by atoms with van der Waals surface area (Å²) < 4.78 is 15.5. The molecule has 0 aliphatic carbocycles. The minimum absolute atomic E-state index is 0.0367. The minimum atomic E-state index is -0.656. The lowest BCUT2D eigenvalue weighted by molar-refractivity contribution is -0.385. The van der Waals surface area contributed by atoms with Gasteiger partial charge >= 0.3 is 11.7 Å². The number of ether oxygens (including phenoxy) is 3. The number of aryl methyl sites for hydroxylation is 1. The van der Waals surface area contributed by atoms with Crippen LogP contribution in [0, 0.1) is 10.1 Å². The van der Waals surface area contributed by atoms with Crippen molar-refractivity contribution in [2.45, 2.75) is 13.3 Å². The minimum Gasteiger partial charge on any atom is -0.490 e. The molecule has 2 aromatic carbocycles. The van der Waals surface area contributed by atoms with E-state index in [4.69, 9.17) is 14.2 Å². The van der Waals surface area contributed by atoms with Gasteiger partial charge in [0.05, 0.1) is 17.6 Å². The Morgan fingerprint density at radius 2 is 1.96 bits per heavy atom. The predicted octanol–water partition coefficient (Wildman–Crippen LogP) is 3.40. The largest absolute Gasteiger partial charge is 0.490 e. The van der Waals surface area contributed by atoms with E-state index in [1.165, 1.54) is 19.2 Å². The number of esters is 1. The van der Waals surface area contributed by atoms with Crippen molar-refractivity contribution in [1.29, 1.82) is 0 Å². The normalized spacial score (nSPS) is 10.2. The molecule has 0 saturated carbocycles. The van der Waals surface area contributed by atoms with Crippen LogP contribution in [-0.2, 0) is 11.2 Å². The van der Waals surface area contributed by atoms with Gasteiger partial charge in [0.15, 0.2) is 5.75 Å². The number of methoxy groups -OCH3 is 1. The van der Waals surface area contributed by atoms with Crippen molar-refractivity contribution in [3.05, 3.63) is 63.7 Å². The first-order valence-electron chi connectivity index (χ1n) is 7.76. The highest BCUT2D eigenvalue weighted by Gasteiger charge is 2.18. The number of carbonyl (C=O) groups is 1. The van der Waals surface area contributed by atoms with Gasteiger partial charge in [-0.1, -0.05) is 19.1 Å². The Morgan fingerprint density at radius 1 is 1.16 bits per heavy atom. The molecule has 7 nitrogen and oxygen atoms in total. The van der Waals surface area contributed by atoms with Crippen molar-refractivity contribution in [2.75, 3.05) is 20.3 Å². The average Bonchev–Trinajstić information content (AvgIpc) is 2.64. The lowest BCUT2D eigenvalue weighted by Crippen LogP contribution is -2.12. The molecule has 0 aliphatic heterocycles. The van der Waals surface area contributed by atoms with Crippen molar-refractivity contribution >= 4 is 11.7 Å². The molecule has 0 fully saturated rings. The molecule has 0 unspecified atom stereocenters. The van der Waals surface area contributed by atoms with E-state index in [-0.39, 0.29) is 30.2 Å². The molecule has 0 spiro atoms. The molecule has 0 saturated heterocycles. The van der Waals surface area contributed by atoms with Gasteiger partial charge < -0.3 is 14.2 Å². The monoisotopic (exact) mass is 345 g/mol. The van der Waals surface area contributed by atoms with E-state index in [1.807, 2.05) is 24.3 Å². The number of nitro benzene ring substituents is 1. The van der Waals surface area contributed by atoms with Crippen LogP contribution in [0.15, 0.2) is 42.5 Å². The van der Waals surface area contributed by atoms with E-state index in [9.17, 15) is 14.9 Å². The number of carbonyl (C=O) groups excluding carboxylic acids is 1. The first-order chi connectivity index (χ1) is 12.0. The van der Waals surface area contributed by atoms with Crippen molar-refractivity contribution in [1.82, 2.24) is 0 Å². The van der Waals surface area contributed by atoms with Crippen LogP contribution in [0.3, 0.4) is 0 Å². The second-order valence-corrected chi connectivity index (χ2v) is 5.13. The Bertz CT molecular complexity index is 759. The fourth-order valence-electron chi connectivity index (χ4n) is 2.19. The molecular formula is C18H19NO6. The Morgan fingerprint density at radius 3 is 2.64 bits per heavy atom. The third kappa shape index (κ3) is 4.94. The molecule has 0 radical (unpaired) electrons. The summed E-state index contributed by atoms with van der Waals surface area (Å²) in [5.74, 6) is 0.132. The highest BCUT2D eigenvalue weighted by atomic mass is 16.6. The summed E-state index contributed by atoms with van der Waals surface area (Å²) in [5, 5.41) is 11.0. The van der Waals surface area contributed by atoms with Crippen molar-refractivity contribution in [3.63, 3.8) is 0 Å². The molecule has 2 aromatic rings. The highest BCUT2D eigenvalue weighted by molar-refractivity contribution is 5.90. The number of benzene rings is 2. The summed E-state index contributed by atoms with van der Waals surface area (Å²) in [4.78, 5) is 22.4. The molecular weight excluding hydrogens is 326 g/mol. The second kappa shape index (κ2) is 8.68. The Kier molecular flexibility index (Phi) is 6.33. The van der Waals surface area contributed by atoms with Crippen LogP contribution in [0.25, 0.3) is 0 Å². The first-order valence-corrected chi connectivity index (χ1v) is 7.76. The third-order valence-corrected chi connectivity index (χ3v) is 3.50. The number of nitrogens with zero attached hydrogens (tertiary/aromatic N) is 1. The fraction of sp³-hybridized carbons (Fsp3) is 0.278. The summed E-state index contributed by atoms with van der Waals surface area (Å²) in [6.07, 6.45) is 0.905. The maximum Gasteiger partial charge on any atom is 0.338 e. The predicted molar refractivity (Wildman–Crippen MR) is 91.2 cm³/mol. The molecule has 0 aliphatic rings. The molecule has 0 N–H and O–H groups in total. The zero-order chi connectivity index (χ0) is 18.2. The van der Waals surface area contributed by atoms with Gasteiger partial charge in [-0.15, -0.1) is 0 Å². The quantitative estimate of drug-likeness (QED) is 0.315. The zero-order valence-corrected chi connectivity index (χ0v) is 14.1. The number of rotatable bonds is 8. The summed E-state index contributed by atoms with van der Waals surface area (Å²) in [6, 6.07) is 11.6. The van der Waals surface area contributed by atoms with Crippen LogP contribution in [0.1, 0.15) is 22.8 Å². The SMILES string of the molecule is CCc1cccc(OCCOC(=O)c2ccc(OC)c([N+](=O)[O-])c2)c1. The van der Waals surface area contributed by atoms with Gasteiger partial charge in [-0.2, -0.15) is 0 Å².